The van der Waals surface area contributed by atoms with Crippen molar-refractivity contribution in [2.75, 3.05) is 17.3 Å². The highest BCUT2D eigenvalue weighted by atomic mass is 19.1. The molecule has 0 radical (unpaired) electrons. The number of methoxy groups -OCH3 is 1. The maximum atomic E-state index is 15.3. The first-order valence-corrected chi connectivity index (χ1v) is 10.3. The van der Waals surface area contributed by atoms with Gasteiger partial charge in [0.1, 0.15) is 5.82 Å². The summed E-state index contributed by atoms with van der Waals surface area (Å²) in [5.41, 5.74) is -1.85. The third-order valence-electron chi connectivity index (χ3n) is 5.81. The van der Waals surface area contributed by atoms with Gasteiger partial charge in [-0.25, -0.2) is 18.6 Å². The van der Waals surface area contributed by atoms with Crippen molar-refractivity contribution in [2.45, 2.75) is 5.72 Å². The molecule has 1 aliphatic heterocycles. The lowest BCUT2D eigenvalue weighted by Gasteiger charge is -2.35. The minimum Gasteiger partial charge on any atom is -0.453 e. The lowest BCUT2D eigenvalue weighted by Crippen LogP contribution is -2.45. The van der Waals surface area contributed by atoms with Gasteiger partial charge in [0, 0.05) is 16.7 Å². The van der Waals surface area contributed by atoms with Gasteiger partial charge in [0.2, 0.25) is 5.95 Å². The molecule has 174 valence electrons. The van der Waals surface area contributed by atoms with E-state index in [0.29, 0.717) is 11.0 Å². The second-order valence-electron chi connectivity index (χ2n) is 7.69. The van der Waals surface area contributed by atoms with Gasteiger partial charge in [-0.1, -0.05) is 30.2 Å². The molecule has 2 heterocycles. The Morgan fingerprint density at radius 1 is 1.23 bits per heavy atom. The third kappa shape index (κ3) is 3.21. The van der Waals surface area contributed by atoms with Crippen molar-refractivity contribution in [2.24, 2.45) is 0 Å². The average molecular weight is 474 g/mol. The number of aromatic amines is 1. The summed E-state index contributed by atoms with van der Waals surface area (Å²) in [6.45, 7) is 0. The molecule has 0 spiro atoms. The summed E-state index contributed by atoms with van der Waals surface area (Å²) in [5, 5.41) is 14.5. The van der Waals surface area contributed by atoms with Gasteiger partial charge in [-0.05, 0) is 30.3 Å². The van der Waals surface area contributed by atoms with E-state index in [0.717, 1.165) is 17.0 Å². The van der Waals surface area contributed by atoms with Crippen molar-refractivity contribution in [3.8, 4) is 12.3 Å². The molecule has 8 nitrogen and oxygen atoms in total. The molecule has 2 amide bonds. The molecule has 1 atom stereocenters. The van der Waals surface area contributed by atoms with Crippen molar-refractivity contribution in [3.63, 3.8) is 0 Å². The van der Waals surface area contributed by atoms with Gasteiger partial charge in [-0.2, -0.15) is 0 Å². The van der Waals surface area contributed by atoms with E-state index in [9.17, 15) is 19.1 Å². The van der Waals surface area contributed by atoms with E-state index in [4.69, 9.17) is 6.42 Å². The van der Waals surface area contributed by atoms with Gasteiger partial charge in [0.05, 0.1) is 29.4 Å². The molecule has 1 unspecified atom stereocenters. The number of amides is 2. The zero-order valence-electron chi connectivity index (χ0n) is 18.1. The van der Waals surface area contributed by atoms with Gasteiger partial charge in [-0.3, -0.25) is 15.0 Å². The third-order valence-corrected chi connectivity index (χ3v) is 5.81. The number of benzene rings is 3. The summed E-state index contributed by atoms with van der Waals surface area (Å²) in [5.74, 6) is -0.773. The minimum absolute atomic E-state index is 0.0963. The summed E-state index contributed by atoms with van der Waals surface area (Å²) < 4.78 is 33.9. The summed E-state index contributed by atoms with van der Waals surface area (Å²) >= 11 is 0. The monoisotopic (exact) mass is 474 g/mol. The van der Waals surface area contributed by atoms with E-state index in [1.165, 1.54) is 31.4 Å². The van der Waals surface area contributed by atoms with Crippen molar-refractivity contribution >= 4 is 34.7 Å². The van der Waals surface area contributed by atoms with Gasteiger partial charge in [-0.15, -0.1) is 6.42 Å². The quantitative estimate of drug-likeness (QED) is 0.391. The molecule has 10 heteroatoms. The number of carbonyl (C=O) groups excluding carboxylic acids is 2. The van der Waals surface area contributed by atoms with Gasteiger partial charge >= 0.3 is 6.09 Å². The number of hydrogen-bond donors (Lipinski definition) is 3. The molecule has 4 aromatic rings. The highest BCUT2D eigenvalue weighted by molar-refractivity contribution is 6.12. The second-order valence-corrected chi connectivity index (χ2v) is 7.69. The molecule has 0 aliphatic carbocycles. The van der Waals surface area contributed by atoms with Crippen LogP contribution in [0.5, 0.6) is 0 Å². The van der Waals surface area contributed by atoms with Crippen LogP contribution in [0.25, 0.3) is 11.0 Å². The van der Waals surface area contributed by atoms with Crippen molar-refractivity contribution in [3.05, 3.63) is 88.5 Å². The summed E-state index contributed by atoms with van der Waals surface area (Å²) in [6.07, 6.45) is 4.54. The van der Waals surface area contributed by atoms with Crippen LogP contribution in [-0.4, -0.2) is 34.2 Å². The number of H-pyrrole nitrogens is 1. The molecular weight excluding hydrogens is 458 g/mol. The standard InChI is InChI=1S/C25H16F2N4O4/c1-3-14-17(26)9-11-20(21(14)27)31-22(32)15-6-4-5-7-16(15)25(31,34)13-8-10-18-19(12-13)29-23(28-18)30-24(33)35-2/h1,4-12,34H,2H3,(H2,28,29,30,33). The first-order valence-electron chi connectivity index (χ1n) is 10.3. The van der Waals surface area contributed by atoms with Crippen LogP contribution in [0.1, 0.15) is 27.0 Å². The number of aromatic nitrogens is 2. The van der Waals surface area contributed by atoms with E-state index < -0.39 is 34.9 Å². The zero-order valence-corrected chi connectivity index (χ0v) is 18.1. The molecule has 1 aromatic heterocycles. The van der Waals surface area contributed by atoms with Crippen molar-refractivity contribution in [1.82, 2.24) is 9.97 Å². The van der Waals surface area contributed by atoms with Crippen LogP contribution in [0.3, 0.4) is 0 Å². The fourth-order valence-corrected chi connectivity index (χ4v) is 4.21. The van der Waals surface area contributed by atoms with E-state index in [-0.39, 0.29) is 28.3 Å². The first-order chi connectivity index (χ1) is 16.8. The Labute approximate surface area is 197 Å². The number of nitrogens with one attached hydrogen (secondary N) is 2. The first kappa shape index (κ1) is 22.1. The Morgan fingerprint density at radius 3 is 2.74 bits per heavy atom. The highest BCUT2D eigenvalue weighted by Gasteiger charge is 2.51. The van der Waals surface area contributed by atoms with Crippen LogP contribution >= 0.6 is 0 Å². The van der Waals surface area contributed by atoms with Gasteiger partial charge < -0.3 is 14.8 Å². The Bertz CT molecular complexity index is 1580. The SMILES string of the molecule is C#Cc1c(F)ccc(N2C(=O)c3ccccc3C2(O)c2ccc3nc(NC(=O)OC)[nH]c3c2)c1F. The van der Waals surface area contributed by atoms with Crippen molar-refractivity contribution < 1.29 is 28.2 Å². The van der Waals surface area contributed by atoms with E-state index >= 15 is 4.39 Å². The molecule has 5 rings (SSSR count). The fourth-order valence-electron chi connectivity index (χ4n) is 4.21. The zero-order chi connectivity index (χ0) is 24.9. The lowest BCUT2D eigenvalue weighted by atomic mass is 9.93. The molecule has 3 aromatic carbocycles. The number of ether oxygens (including phenoxy) is 1. The van der Waals surface area contributed by atoms with Crippen molar-refractivity contribution in [1.29, 1.82) is 0 Å². The summed E-state index contributed by atoms with van der Waals surface area (Å²) in [7, 11) is 1.20. The number of hydrogen-bond acceptors (Lipinski definition) is 5. The highest BCUT2D eigenvalue weighted by Crippen LogP contribution is 2.46. The predicted molar refractivity (Wildman–Crippen MR) is 123 cm³/mol. The molecule has 0 saturated heterocycles. The average Bonchev–Trinajstić information content (AvgIpc) is 3.36. The fraction of sp³-hybridized carbons (Fsp3) is 0.0800. The van der Waals surface area contributed by atoms with E-state index in [1.54, 1.807) is 18.2 Å². The molecule has 3 N–H and O–H groups in total. The van der Waals surface area contributed by atoms with E-state index in [1.807, 2.05) is 5.92 Å². The maximum absolute atomic E-state index is 15.3. The van der Waals surface area contributed by atoms with Crippen LogP contribution in [0, 0.1) is 24.0 Å². The topological polar surface area (TPSA) is 108 Å². The number of terminal acetylenes is 1. The Hall–Kier alpha value is -4.75. The van der Waals surface area contributed by atoms with Crippen LogP contribution in [0.15, 0.2) is 54.6 Å². The molecular formula is C25H16F2N4O4. The Balaban J connectivity index is 1.72. The summed E-state index contributed by atoms with van der Waals surface area (Å²) in [4.78, 5) is 32.9. The van der Waals surface area contributed by atoms with Crippen LogP contribution in [0.2, 0.25) is 0 Å². The molecule has 1 aliphatic rings. The van der Waals surface area contributed by atoms with E-state index in [2.05, 4.69) is 20.0 Å². The molecule has 35 heavy (non-hydrogen) atoms. The molecule has 0 saturated carbocycles. The molecule has 0 fully saturated rings. The Morgan fingerprint density at radius 2 is 2.00 bits per heavy atom. The smallest absolute Gasteiger partial charge is 0.413 e. The number of aliphatic hydroxyl groups is 1. The van der Waals surface area contributed by atoms with Gasteiger partial charge in [0.25, 0.3) is 5.91 Å². The number of anilines is 2. The minimum atomic E-state index is -2.17. The molecule has 0 bridgehead atoms. The normalized spacial score (nSPS) is 16.8. The maximum Gasteiger partial charge on any atom is 0.413 e. The number of nitrogens with zero attached hydrogens (tertiary/aromatic N) is 2. The lowest BCUT2D eigenvalue weighted by molar-refractivity contribution is 0.0699. The largest absolute Gasteiger partial charge is 0.453 e. The predicted octanol–water partition coefficient (Wildman–Crippen LogP) is 3.85. The Kier molecular flexibility index (Phi) is 5.00. The van der Waals surface area contributed by atoms with Gasteiger partial charge in [0.15, 0.2) is 11.5 Å². The number of halogens is 2. The summed E-state index contributed by atoms with van der Waals surface area (Å²) in [6, 6.07) is 12.8. The van der Waals surface area contributed by atoms with Crippen LogP contribution < -0.4 is 10.2 Å². The number of rotatable bonds is 3. The second kappa shape index (κ2) is 7.93. The number of carbonyl (C=O) groups is 2. The van der Waals surface area contributed by atoms with Crippen LogP contribution in [0.4, 0.5) is 25.2 Å². The number of fused-ring (bicyclic) bond motifs is 2. The van der Waals surface area contributed by atoms with Crippen LogP contribution in [-0.2, 0) is 10.5 Å². The number of imidazole rings is 1.